The average Bonchev–Trinajstić information content (AvgIpc) is 3.04. The number of nitrogens with one attached hydrogen (secondary N) is 2. The minimum Gasteiger partial charge on any atom is -0.459 e. The van der Waals surface area contributed by atoms with Crippen LogP contribution in [0.25, 0.3) is 0 Å². The number of aromatic nitrogens is 2. The Morgan fingerprint density at radius 1 is 1.05 bits per heavy atom. The first-order valence-electron chi connectivity index (χ1n) is 6.73. The van der Waals surface area contributed by atoms with E-state index in [1.165, 1.54) is 6.26 Å². The van der Waals surface area contributed by atoms with Crippen molar-refractivity contribution in [2.24, 2.45) is 0 Å². The first-order chi connectivity index (χ1) is 10.7. The Bertz CT molecular complexity index is 767. The molecule has 0 atom stereocenters. The maximum atomic E-state index is 11.8. The molecular formula is C16H14N4O2. The Morgan fingerprint density at radius 2 is 1.86 bits per heavy atom. The molecule has 3 rings (SSSR count). The predicted octanol–water partition coefficient (Wildman–Crippen LogP) is 3.37. The number of carbonyl (C=O) groups excluding carboxylic acids is 1. The molecule has 0 saturated carbocycles. The quantitative estimate of drug-likeness (QED) is 0.771. The molecule has 6 nitrogen and oxygen atoms in total. The van der Waals surface area contributed by atoms with Gasteiger partial charge in [-0.05, 0) is 48.9 Å². The molecule has 6 heteroatoms. The molecule has 2 aromatic heterocycles. The number of nitrogens with zero attached hydrogens (tertiary/aromatic N) is 2. The monoisotopic (exact) mass is 294 g/mol. The smallest absolute Gasteiger partial charge is 0.292 e. The van der Waals surface area contributed by atoms with E-state index in [4.69, 9.17) is 4.42 Å². The van der Waals surface area contributed by atoms with Crippen LogP contribution in [0.4, 0.5) is 17.3 Å². The van der Waals surface area contributed by atoms with Crippen LogP contribution in [0.2, 0.25) is 0 Å². The van der Waals surface area contributed by atoms with Gasteiger partial charge in [-0.2, -0.15) is 0 Å². The topological polar surface area (TPSA) is 80.0 Å². The van der Waals surface area contributed by atoms with Crippen LogP contribution in [0, 0.1) is 6.92 Å². The lowest BCUT2D eigenvalue weighted by molar-refractivity contribution is 0.0996. The van der Waals surface area contributed by atoms with Gasteiger partial charge in [-0.25, -0.2) is 0 Å². The Hall–Kier alpha value is -3.15. The van der Waals surface area contributed by atoms with Gasteiger partial charge >= 0.3 is 0 Å². The molecule has 0 saturated heterocycles. The summed E-state index contributed by atoms with van der Waals surface area (Å²) >= 11 is 0. The summed E-state index contributed by atoms with van der Waals surface area (Å²) < 4.78 is 5.01. The molecule has 0 aliphatic rings. The van der Waals surface area contributed by atoms with Crippen LogP contribution in [0.15, 0.2) is 59.2 Å². The third-order valence-corrected chi connectivity index (χ3v) is 2.94. The molecule has 0 fully saturated rings. The van der Waals surface area contributed by atoms with Gasteiger partial charge in [0, 0.05) is 5.69 Å². The fraction of sp³-hybridized carbons (Fsp3) is 0.0625. The van der Waals surface area contributed by atoms with E-state index < -0.39 is 0 Å². The summed E-state index contributed by atoms with van der Waals surface area (Å²) in [7, 11) is 0. The summed E-state index contributed by atoms with van der Waals surface area (Å²) in [6.07, 6.45) is 1.44. The number of aryl methyl sites for hydroxylation is 1. The third-order valence-electron chi connectivity index (χ3n) is 2.94. The maximum Gasteiger partial charge on any atom is 0.292 e. The van der Waals surface area contributed by atoms with Crippen molar-refractivity contribution in [2.75, 3.05) is 10.6 Å². The van der Waals surface area contributed by atoms with Gasteiger partial charge in [-0.15, -0.1) is 10.2 Å². The van der Waals surface area contributed by atoms with Gasteiger partial charge in [0.2, 0.25) is 0 Å². The Balaban J connectivity index is 1.66. The molecule has 2 heterocycles. The second kappa shape index (κ2) is 6.09. The maximum absolute atomic E-state index is 11.8. The van der Waals surface area contributed by atoms with Gasteiger partial charge < -0.3 is 15.1 Å². The largest absolute Gasteiger partial charge is 0.459 e. The van der Waals surface area contributed by atoms with E-state index >= 15 is 0 Å². The number of benzene rings is 1. The van der Waals surface area contributed by atoms with Crippen molar-refractivity contribution < 1.29 is 9.21 Å². The van der Waals surface area contributed by atoms with Crippen LogP contribution < -0.4 is 10.6 Å². The molecule has 0 aliphatic heterocycles. The minimum absolute atomic E-state index is 0.226. The van der Waals surface area contributed by atoms with Gasteiger partial charge in [0.15, 0.2) is 17.4 Å². The van der Waals surface area contributed by atoms with E-state index in [-0.39, 0.29) is 11.7 Å². The van der Waals surface area contributed by atoms with Crippen LogP contribution in [0.3, 0.4) is 0 Å². The lowest BCUT2D eigenvalue weighted by Crippen LogP contribution is -2.12. The van der Waals surface area contributed by atoms with E-state index in [1.807, 2.05) is 31.2 Å². The van der Waals surface area contributed by atoms with Crippen LogP contribution in [-0.4, -0.2) is 16.1 Å². The molecule has 0 unspecified atom stereocenters. The highest BCUT2D eigenvalue weighted by atomic mass is 16.3. The Morgan fingerprint density at radius 3 is 2.55 bits per heavy atom. The fourth-order valence-electron chi connectivity index (χ4n) is 1.92. The molecule has 0 spiro atoms. The lowest BCUT2D eigenvalue weighted by Gasteiger charge is -2.06. The molecule has 1 amide bonds. The minimum atomic E-state index is -0.362. The lowest BCUT2D eigenvalue weighted by atomic mass is 10.2. The van der Waals surface area contributed by atoms with Crippen molar-refractivity contribution in [1.29, 1.82) is 0 Å². The summed E-state index contributed by atoms with van der Waals surface area (Å²) in [5.41, 5.74) is 2.09. The van der Waals surface area contributed by atoms with Gasteiger partial charge in [-0.1, -0.05) is 12.1 Å². The first-order valence-corrected chi connectivity index (χ1v) is 6.73. The zero-order chi connectivity index (χ0) is 15.4. The molecular weight excluding hydrogens is 280 g/mol. The molecule has 0 bridgehead atoms. The summed E-state index contributed by atoms with van der Waals surface area (Å²) in [6, 6.07) is 14.6. The molecule has 1 aromatic carbocycles. The normalized spacial score (nSPS) is 10.2. The van der Waals surface area contributed by atoms with E-state index in [1.54, 1.807) is 24.3 Å². The zero-order valence-electron chi connectivity index (χ0n) is 11.9. The van der Waals surface area contributed by atoms with E-state index in [2.05, 4.69) is 20.8 Å². The highest BCUT2D eigenvalue weighted by Gasteiger charge is 2.09. The second-order valence-corrected chi connectivity index (χ2v) is 4.73. The Labute approximate surface area is 127 Å². The van der Waals surface area contributed by atoms with Gasteiger partial charge in [0.1, 0.15) is 0 Å². The van der Waals surface area contributed by atoms with Gasteiger partial charge in [-0.3, -0.25) is 4.79 Å². The van der Waals surface area contributed by atoms with Crippen molar-refractivity contribution in [1.82, 2.24) is 10.2 Å². The molecule has 22 heavy (non-hydrogen) atoms. The van der Waals surface area contributed by atoms with Crippen molar-refractivity contribution in [3.05, 3.63) is 66.1 Å². The highest BCUT2D eigenvalue weighted by molar-refractivity contribution is 6.01. The van der Waals surface area contributed by atoms with Crippen molar-refractivity contribution in [3.8, 4) is 0 Å². The number of anilines is 3. The molecule has 2 N–H and O–H groups in total. The number of hydrogen-bond donors (Lipinski definition) is 2. The van der Waals surface area contributed by atoms with Crippen molar-refractivity contribution in [2.45, 2.75) is 6.92 Å². The highest BCUT2D eigenvalue weighted by Crippen LogP contribution is 2.16. The number of furan rings is 1. The van der Waals surface area contributed by atoms with Crippen molar-refractivity contribution in [3.63, 3.8) is 0 Å². The second-order valence-electron chi connectivity index (χ2n) is 4.73. The summed E-state index contributed by atoms with van der Waals surface area (Å²) in [5, 5.41) is 13.8. The number of hydrogen-bond acceptors (Lipinski definition) is 5. The predicted molar refractivity (Wildman–Crippen MR) is 83.2 cm³/mol. The van der Waals surface area contributed by atoms with Crippen LogP contribution in [-0.2, 0) is 0 Å². The average molecular weight is 294 g/mol. The number of rotatable bonds is 4. The number of carbonyl (C=O) groups is 1. The third kappa shape index (κ3) is 3.29. The van der Waals surface area contributed by atoms with E-state index in [9.17, 15) is 4.79 Å². The summed E-state index contributed by atoms with van der Waals surface area (Å²) in [6.45, 7) is 2.02. The Kier molecular flexibility index (Phi) is 3.82. The fourth-order valence-corrected chi connectivity index (χ4v) is 1.92. The van der Waals surface area contributed by atoms with Crippen LogP contribution in [0.1, 0.15) is 16.1 Å². The van der Waals surface area contributed by atoms with Crippen LogP contribution >= 0.6 is 0 Å². The summed E-state index contributed by atoms with van der Waals surface area (Å²) in [4.78, 5) is 11.8. The van der Waals surface area contributed by atoms with Crippen LogP contribution in [0.5, 0.6) is 0 Å². The van der Waals surface area contributed by atoms with Crippen molar-refractivity contribution >= 4 is 23.2 Å². The van der Waals surface area contributed by atoms with Gasteiger partial charge in [0.05, 0.1) is 6.26 Å². The van der Waals surface area contributed by atoms with E-state index in [0.717, 1.165) is 11.3 Å². The molecule has 0 aliphatic carbocycles. The van der Waals surface area contributed by atoms with E-state index in [0.29, 0.717) is 11.6 Å². The zero-order valence-corrected chi connectivity index (χ0v) is 11.9. The standard InChI is InChI=1S/C16H14N4O2/c1-11-4-2-5-12(10-11)17-14-7-8-15(20-19-14)18-16(21)13-6-3-9-22-13/h2-10H,1H3,(H,17,19)(H,18,20,21). The summed E-state index contributed by atoms with van der Waals surface area (Å²) in [5.74, 6) is 0.820. The SMILES string of the molecule is Cc1cccc(Nc2ccc(NC(=O)c3ccco3)nn2)c1. The van der Waals surface area contributed by atoms with Gasteiger partial charge in [0.25, 0.3) is 5.91 Å². The molecule has 0 radical (unpaired) electrons. The number of amides is 1. The first kappa shape index (κ1) is 13.8. The molecule has 110 valence electrons. The molecule has 3 aromatic rings.